The van der Waals surface area contributed by atoms with Crippen LogP contribution in [0.1, 0.15) is 39.5 Å². The Hall–Kier alpha value is 0.290. The maximum atomic E-state index is 5.72. The first-order chi connectivity index (χ1) is 4.85. The minimum atomic E-state index is 0.646. The van der Waals surface area contributed by atoms with Gasteiger partial charge in [0.05, 0.1) is 0 Å². The number of halogens is 1. The van der Waals surface area contributed by atoms with Crippen molar-refractivity contribution in [3.63, 3.8) is 0 Å². The van der Waals surface area contributed by atoms with E-state index in [2.05, 4.69) is 20.3 Å². The van der Waals surface area contributed by atoms with Crippen LogP contribution < -0.4 is 0 Å². The Balaban J connectivity index is 3.09. The number of hydrogen-bond acceptors (Lipinski definition) is 0. The molecule has 10 heavy (non-hydrogen) atoms. The normalized spacial score (nSPS) is 13.5. The van der Waals surface area contributed by atoms with Gasteiger partial charge < -0.3 is 0 Å². The lowest BCUT2D eigenvalue weighted by Crippen LogP contribution is -2.00. The lowest BCUT2D eigenvalue weighted by Gasteiger charge is -2.08. The molecule has 0 saturated heterocycles. The van der Waals surface area contributed by atoms with Crippen molar-refractivity contribution in [2.75, 3.05) is 5.88 Å². The number of hydrogen-bond donors (Lipinski definition) is 0. The van der Waals surface area contributed by atoms with Crippen LogP contribution in [0, 0.1) is 12.3 Å². The molecular formula is C9H18Cl. The van der Waals surface area contributed by atoms with Crippen LogP contribution in [0.25, 0.3) is 0 Å². The molecule has 1 heteroatoms. The van der Waals surface area contributed by atoms with Gasteiger partial charge in [-0.1, -0.05) is 33.1 Å². The summed E-state index contributed by atoms with van der Waals surface area (Å²) >= 11 is 5.72. The molecule has 0 aromatic heterocycles. The second kappa shape index (κ2) is 7.40. The highest BCUT2D eigenvalue weighted by Crippen LogP contribution is 2.13. The molecule has 0 aliphatic heterocycles. The summed E-state index contributed by atoms with van der Waals surface area (Å²) in [6.07, 6.45) is 7.47. The Morgan fingerprint density at radius 1 is 1.40 bits per heavy atom. The van der Waals surface area contributed by atoms with Crippen molar-refractivity contribution in [3.8, 4) is 0 Å². The van der Waals surface area contributed by atoms with Crippen LogP contribution in [-0.4, -0.2) is 5.88 Å². The zero-order chi connectivity index (χ0) is 7.82. The monoisotopic (exact) mass is 161 g/mol. The van der Waals surface area contributed by atoms with E-state index in [0.29, 0.717) is 5.92 Å². The van der Waals surface area contributed by atoms with Crippen LogP contribution in [0.5, 0.6) is 0 Å². The molecule has 0 aliphatic rings. The van der Waals surface area contributed by atoms with Gasteiger partial charge >= 0.3 is 0 Å². The maximum absolute atomic E-state index is 5.72. The van der Waals surface area contributed by atoms with Crippen LogP contribution in [0.3, 0.4) is 0 Å². The molecule has 1 radical (unpaired) electrons. The fourth-order valence-corrected chi connectivity index (χ4v) is 1.32. The van der Waals surface area contributed by atoms with E-state index in [4.69, 9.17) is 11.6 Å². The lowest BCUT2D eigenvalue weighted by atomic mass is 10.0. The molecule has 1 unspecified atom stereocenters. The molecule has 0 aromatic carbocycles. The first kappa shape index (κ1) is 10.3. The van der Waals surface area contributed by atoms with Crippen LogP contribution >= 0.6 is 11.6 Å². The molecule has 0 N–H and O–H groups in total. The van der Waals surface area contributed by atoms with Gasteiger partial charge in [0.25, 0.3) is 0 Å². The summed E-state index contributed by atoms with van der Waals surface area (Å²) < 4.78 is 0. The van der Waals surface area contributed by atoms with E-state index in [1.165, 1.54) is 25.7 Å². The summed E-state index contributed by atoms with van der Waals surface area (Å²) in [6, 6.07) is 0. The van der Waals surface area contributed by atoms with E-state index in [0.717, 1.165) is 5.88 Å². The van der Waals surface area contributed by atoms with E-state index >= 15 is 0 Å². The Labute approximate surface area is 70.0 Å². The molecule has 0 amide bonds. The third kappa shape index (κ3) is 5.10. The van der Waals surface area contributed by atoms with Gasteiger partial charge in [-0.25, -0.2) is 0 Å². The van der Waals surface area contributed by atoms with Crippen molar-refractivity contribution in [1.29, 1.82) is 0 Å². The third-order valence-electron chi connectivity index (χ3n) is 1.85. The number of rotatable bonds is 6. The van der Waals surface area contributed by atoms with Gasteiger partial charge in [-0.2, -0.15) is 0 Å². The van der Waals surface area contributed by atoms with E-state index in [1.54, 1.807) is 0 Å². The predicted molar refractivity (Wildman–Crippen MR) is 48.3 cm³/mol. The van der Waals surface area contributed by atoms with E-state index in [-0.39, 0.29) is 0 Å². The zero-order valence-corrected chi connectivity index (χ0v) is 7.82. The summed E-state index contributed by atoms with van der Waals surface area (Å²) in [4.78, 5) is 0. The van der Waals surface area contributed by atoms with Gasteiger partial charge in [0, 0.05) is 5.88 Å². The Bertz CT molecular complexity index is 57.7. The molecule has 0 aromatic rings. The number of alkyl halides is 1. The quantitative estimate of drug-likeness (QED) is 0.412. The molecule has 1 atom stereocenters. The first-order valence-electron chi connectivity index (χ1n) is 4.20. The molecule has 0 nitrogen and oxygen atoms in total. The summed E-state index contributed by atoms with van der Waals surface area (Å²) in [7, 11) is 0. The number of unbranched alkanes of at least 4 members (excludes halogenated alkanes) is 2. The lowest BCUT2D eigenvalue weighted by molar-refractivity contribution is 0.554. The zero-order valence-electron chi connectivity index (χ0n) is 7.07. The Morgan fingerprint density at radius 3 is 2.50 bits per heavy atom. The highest BCUT2D eigenvalue weighted by Gasteiger charge is 2.02. The Morgan fingerprint density at radius 2 is 2.10 bits per heavy atom. The van der Waals surface area contributed by atoms with E-state index in [1.807, 2.05) is 0 Å². The van der Waals surface area contributed by atoms with Crippen LogP contribution in [0.4, 0.5) is 0 Å². The van der Waals surface area contributed by atoms with Crippen molar-refractivity contribution in [3.05, 3.63) is 6.42 Å². The second-order valence-corrected chi connectivity index (χ2v) is 3.05. The smallest absolute Gasteiger partial charge is 0.0254 e. The van der Waals surface area contributed by atoms with Gasteiger partial charge in [-0.3, -0.25) is 0 Å². The molecule has 0 fully saturated rings. The second-order valence-electron chi connectivity index (χ2n) is 2.74. The molecule has 0 bridgehead atoms. The van der Waals surface area contributed by atoms with E-state index in [9.17, 15) is 0 Å². The topological polar surface area (TPSA) is 0 Å². The minimum absolute atomic E-state index is 0.646. The maximum Gasteiger partial charge on any atom is 0.0254 e. The van der Waals surface area contributed by atoms with Crippen LogP contribution in [0.15, 0.2) is 0 Å². The van der Waals surface area contributed by atoms with Crippen molar-refractivity contribution >= 4 is 11.6 Å². The van der Waals surface area contributed by atoms with Gasteiger partial charge in [0.15, 0.2) is 0 Å². The fraction of sp³-hybridized carbons (Fsp3) is 0.889. The third-order valence-corrected chi connectivity index (χ3v) is 2.24. The molecule has 61 valence electrons. The van der Waals surface area contributed by atoms with Gasteiger partial charge in [0.1, 0.15) is 0 Å². The fourth-order valence-electron chi connectivity index (χ4n) is 0.989. The molecule has 0 rings (SSSR count). The van der Waals surface area contributed by atoms with Crippen molar-refractivity contribution < 1.29 is 0 Å². The SMILES string of the molecule is C[CH]C(CCl)CCCCC. The standard InChI is InChI=1S/C9H18Cl/c1-3-5-6-7-9(4-2)8-10/h4,9H,3,5-8H2,1-2H3. The minimum Gasteiger partial charge on any atom is -0.126 e. The summed E-state index contributed by atoms with van der Waals surface area (Å²) in [5.41, 5.74) is 0. The van der Waals surface area contributed by atoms with Crippen molar-refractivity contribution in [2.24, 2.45) is 5.92 Å². The molecule has 0 heterocycles. The van der Waals surface area contributed by atoms with Gasteiger partial charge in [-0.15, -0.1) is 11.6 Å². The average Bonchev–Trinajstić information content (AvgIpc) is 1.99. The predicted octanol–water partition coefficient (Wildman–Crippen LogP) is 3.65. The Kier molecular flexibility index (Phi) is 7.61. The van der Waals surface area contributed by atoms with Crippen molar-refractivity contribution in [1.82, 2.24) is 0 Å². The summed E-state index contributed by atoms with van der Waals surface area (Å²) in [5.74, 6) is 1.44. The van der Waals surface area contributed by atoms with Crippen molar-refractivity contribution in [2.45, 2.75) is 39.5 Å². The van der Waals surface area contributed by atoms with Gasteiger partial charge in [0.2, 0.25) is 0 Å². The molecular weight excluding hydrogens is 144 g/mol. The first-order valence-corrected chi connectivity index (χ1v) is 4.74. The summed E-state index contributed by atoms with van der Waals surface area (Å²) in [6.45, 7) is 4.32. The molecule has 0 spiro atoms. The van der Waals surface area contributed by atoms with Gasteiger partial charge in [-0.05, 0) is 18.8 Å². The largest absolute Gasteiger partial charge is 0.126 e. The average molecular weight is 162 g/mol. The van der Waals surface area contributed by atoms with E-state index < -0.39 is 0 Å². The highest BCUT2D eigenvalue weighted by molar-refractivity contribution is 6.18. The van der Waals surface area contributed by atoms with Crippen LogP contribution in [-0.2, 0) is 0 Å². The molecule has 0 saturated carbocycles. The highest BCUT2D eigenvalue weighted by atomic mass is 35.5. The summed E-state index contributed by atoms with van der Waals surface area (Å²) in [5, 5.41) is 0. The van der Waals surface area contributed by atoms with Crippen LogP contribution in [0.2, 0.25) is 0 Å². The molecule has 0 aliphatic carbocycles.